The lowest BCUT2D eigenvalue weighted by molar-refractivity contribution is 0.0954. The van der Waals surface area contributed by atoms with Gasteiger partial charge in [0.2, 0.25) is 0 Å². The minimum absolute atomic E-state index is 0.0578. The van der Waals surface area contributed by atoms with E-state index in [2.05, 4.69) is 15.3 Å². The molecule has 0 spiro atoms. The van der Waals surface area contributed by atoms with Gasteiger partial charge in [-0.05, 0) is 34.9 Å². The predicted octanol–water partition coefficient (Wildman–Crippen LogP) is 2.60. The van der Waals surface area contributed by atoms with Crippen molar-refractivity contribution in [2.75, 3.05) is 6.54 Å². The summed E-state index contributed by atoms with van der Waals surface area (Å²) in [5, 5.41) is 5.12. The maximum Gasteiger partial charge on any atom is 0.251 e. The fourth-order valence-electron chi connectivity index (χ4n) is 2.21. The molecule has 4 heteroatoms. The smallest absolute Gasteiger partial charge is 0.251 e. The number of aromatic nitrogens is 2. The van der Waals surface area contributed by atoms with Crippen molar-refractivity contribution in [3.63, 3.8) is 0 Å². The van der Waals surface area contributed by atoms with Crippen LogP contribution in [0, 0.1) is 0 Å². The highest BCUT2D eigenvalue weighted by Gasteiger charge is 2.05. The maximum atomic E-state index is 12.1. The van der Waals surface area contributed by atoms with Crippen molar-refractivity contribution in [3.8, 4) is 0 Å². The lowest BCUT2D eigenvalue weighted by atomic mass is 10.1. The van der Waals surface area contributed by atoms with E-state index in [1.807, 2.05) is 42.5 Å². The average molecular weight is 277 g/mol. The Bertz CT molecular complexity index is 756. The van der Waals surface area contributed by atoms with Crippen LogP contribution in [-0.4, -0.2) is 22.4 Å². The van der Waals surface area contributed by atoms with E-state index in [-0.39, 0.29) is 5.91 Å². The normalized spacial score (nSPS) is 10.5. The fourth-order valence-corrected chi connectivity index (χ4v) is 2.21. The lowest BCUT2D eigenvalue weighted by Gasteiger charge is -2.06. The number of hydrogen-bond donors (Lipinski definition) is 1. The third-order valence-electron chi connectivity index (χ3n) is 3.32. The number of nitrogens with one attached hydrogen (secondary N) is 1. The average Bonchev–Trinajstić information content (AvgIpc) is 2.55. The van der Waals surface area contributed by atoms with Crippen molar-refractivity contribution in [3.05, 3.63) is 72.3 Å². The van der Waals surface area contributed by atoms with Crippen LogP contribution in [0.1, 0.15) is 15.9 Å². The first-order chi connectivity index (χ1) is 10.3. The SMILES string of the molecule is O=C(NCCc1cncnc1)c1ccc2ccccc2c1. The number of benzene rings is 2. The minimum atomic E-state index is -0.0578. The van der Waals surface area contributed by atoms with Crippen LogP contribution in [0.4, 0.5) is 0 Å². The largest absolute Gasteiger partial charge is 0.352 e. The van der Waals surface area contributed by atoms with Crippen LogP contribution in [0.25, 0.3) is 10.8 Å². The Morgan fingerprint density at radius 1 is 1.00 bits per heavy atom. The van der Waals surface area contributed by atoms with Gasteiger partial charge in [0.1, 0.15) is 6.33 Å². The zero-order valence-corrected chi connectivity index (χ0v) is 11.5. The van der Waals surface area contributed by atoms with Crippen LogP contribution in [0.15, 0.2) is 61.2 Å². The molecular formula is C17H15N3O. The molecule has 21 heavy (non-hydrogen) atoms. The first kappa shape index (κ1) is 13.2. The molecule has 0 radical (unpaired) electrons. The Labute approximate surface area is 122 Å². The summed E-state index contributed by atoms with van der Waals surface area (Å²) in [6.07, 6.45) is 5.74. The van der Waals surface area contributed by atoms with Gasteiger partial charge in [0.05, 0.1) is 0 Å². The number of amides is 1. The molecule has 0 atom stereocenters. The molecule has 1 N–H and O–H groups in total. The molecule has 0 aliphatic rings. The van der Waals surface area contributed by atoms with E-state index in [4.69, 9.17) is 0 Å². The Kier molecular flexibility index (Phi) is 3.87. The van der Waals surface area contributed by atoms with Gasteiger partial charge >= 0.3 is 0 Å². The summed E-state index contributed by atoms with van der Waals surface area (Å²) >= 11 is 0. The zero-order valence-electron chi connectivity index (χ0n) is 11.5. The molecule has 0 unspecified atom stereocenters. The van der Waals surface area contributed by atoms with Crippen molar-refractivity contribution in [2.24, 2.45) is 0 Å². The molecule has 1 heterocycles. The summed E-state index contributed by atoms with van der Waals surface area (Å²) in [4.78, 5) is 20.0. The Balaban J connectivity index is 1.64. The number of rotatable bonds is 4. The highest BCUT2D eigenvalue weighted by molar-refractivity contribution is 5.98. The predicted molar refractivity (Wildman–Crippen MR) is 82.0 cm³/mol. The first-order valence-electron chi connectivity index (χ1n) is 6.84. The van der Waals surface area contributed by atoms with Crippen LogP contribution in [0.5, 0.6) is 0 Å². The minimum Gasteiger partial charge on any atom is -0.352 e. The molecule has 1 amide bonds. The summed E-state index contributed by atoms with van der Waals surface area (Å²) in [6, 6.07) is 13.7. The molecule has 104 valence electrons. The van der Waals surface area contributed by atoms with E-state index in [1.54, 1.807) is 12.4 Å². The number of fused-ring (bicyclic) bond motifs is 1. The summed E-state index contributed by atoms with van der Waals surface area (Å²) in [5.74, 6) is -0.0578. The number of nitrogens with zero attached hydrogens (tertiary/aromatic N) is 2. The molecule has 0 saturated carbocycles. The Morgan fingerprint density at radius 2 is 1.76 bits per heavy atom. The van der Waals surface area contributed by atoms with Gasteiger partial charge < -0.3 is 5.32 Å². The molecule has 1 aromatic heterocycles. The van der Waals surface area contributed by atoms with E-state index < -0.39 is 0 Å². The quantitative estimate of drug-likeness (QED) is 0.797. The molecule has 0 fully saturated rings. The zero-order chi connectivity index (χ0) is 14.5. The van der Waals surface area contributed by atoms with Gasteiger partial charge in [0.15, 0.2) is 0 Å². The molecular weight excluding hydrogens is 262 g/mol. The van der Waals surface area contributed by atoms with E-state index in [9.17, 15) is 4.79 Å². The third kappa shape index (κ3) is 3.23. The second kappa shape index (κ2) is 6.13. The fraction of sp³-hybridized carbons (Fsp3) is 0.118. The van der Waals surface area contributed by atoms with Crippen molar-refractivity contribution in [1.82, 2.24) is 15.3 Å². The van der Waals surface area contributed by atoms with Crippen molar-refractivity contribution >= 4 is 16.7 Å². The topological polar surface area (TPSA) is 54.9 Å². The summed E-state index contributed by atoms with van der Waals surface area (Å²) in [5.41, 5.74) is 1.69. The highest BCUT2D eigenvalue weighted by Crippen LogP contribution is 2.15. The molecule has 0 aliphatic carbocycles. The van der Waals surface area contributed by atoms with Crippen LogP contribution in [-0.2, 0) is 6.42 Å². The monoisotopic (exact) mass is 277 g/mol. The van der Waals surface area contributed by atoms with Crippen LogP contribution < -0.4 is 5.32 Å². The molecule has 3 aromatic rings. The second-order valence-electron chi connectivity index (χ2n) is 4.81. The van der Waals surface area contributed by atoms with E-state index >= 15 is 0 Å². The number of carbonyl (C=O) groups excluding carboxylic acids is 1. The van der Waals surface area contributed by atoms with E-state index in [0.29, 0.717) is 12.1 Å². The van der Waals surface area contributed by atoms with Gasteiger partial charge in [-0.1, -0.05) is 30.3 Å². The van der Waals surface area contributed by atoms with Gasteiger partial charge in [0, 0.05) is 24.5 Å². The highest BCUT2D eigenvalue weighted by atomic mass is 16.1. The van der Waals surface area contributed by atoms with Crippen LogP contribution in [0.3, 0.4) is 0 Å². The summed E-state index contributed by atoms with van der Waals surface area (Å²) < 4.78 is 0. The molecule has 0 aliphatic heterocycles. The van der Waals surface area contributed by atoms with Gasteiger partial charge in [-0.15, -0.1) is 0 Å². The van der Waals surface area contributed by atoms with Crippen LogP contribution >= 0.6 is 0 Å². The summed E-state index contributed by atoms with van der Waals surface area (Å²) in [6.45, 7) is 0.568. The van der Waals surface area contributed by atoms with Crippen LogP contribution in [0.2, 0.25) is 0 Å². The second-order valence-corrected chi connectivity index (χ2v) is 4.81. The van der Waals surface area contributed by atoms with Gasteiger partial charge in [0.25, 0.3) is 5.91 Å². The van der Waals surface area contributed by atoms with E-state index in [1.165, 1.54) is 6.33 Å². The van der Waals surface area contributed by atoms with Gasteiger partial charge in [-0.2, -0.15) is 0 Å². The maximum absolute atomic E-state index is 12.1. The standard InChI is InChI=1S/C17H15N3O/c21-17(20-8-7-13-10-18-12-19-11-13)16-6-5-14-3-1-2-4-15(14)9-16/h1-6,9-12H,7-8H2,(H,20,21). The molecule has 0 saturated heterocycles. The third-order valence-corrected chi connectivity index (χ3v) is 3.32. The molecule has 2 aromatic carbocycles. The number of carbonyl (C=O) groups is 1. The molecule has 0 bridgehead atoms. The van der Waals surface area contributed by atoms with Gasteiger partial charge in [-0.3, -0.25) is 4.79 Å². The molecule has 4 nitrogen and oxygen atoms in total. The van der Waals surface area contributed by atoms with E-state index in [0.717, 1.165) is 22.8 Å². The van der Waals surface area contributed by atoms with Gasteiger partial charge in [-0.25, -0.2) is 9.97 Å². The Hall–Kier alpha value is -2.75. The van der Waals surface area contributed by atoms with Crippen molar-refractivity contribution in [2.45, 2.75) is 6.42 Å². The lowest BCUT2D eigenvalue weighted by Crippen LogP contribution is -2.25. The summed E-state index contributed by atoms with van der Waals surface area (Å²) in [7, 11) is 0. The molecule has 3 rings (SSSR count). The number of hydrogen-bond acceptors (Lipinski definition) is 3. The first-order valence-corrected chi connectivity index (χ1v) is 6.84. The van der Waals surface area contributed by atoms with Crippen molar-refractivity contribution in [1.29, 1.82) is 0 Å². The van der Waals surface area contributed by atoms with Crippen molar-refractivity contribution < 1.29 is 4.79 Å². The Morgan fingerprint density at radius 3 is 2.57 bits per heavy atom.